The van der Waals surface area contributed by atoms with E-state index in [0.717, 1.165) is 28.9 Å². The van der Waals surface area contributed by atoms with Gasteiger partial charge in [-0.2, -0.15) is 0 Å². The van der Waals surface area contributed by atoms with E-state index < -0.39 is 0 Å². The molecule has 2 N–H and O–H groups in total. The van der Waals surface area contributed by atoms with E-state index in [-0.39, 0.29) is 11.9 Å². The fraction of sp³-hybridized carbons (Fsp3) is 0.389. The van der Waals surface area contributed by atoms with Gasteiger partial charge in [-0.05, 0) is 29.8 Å². The van der Waals surface area contributed by atoms with Gasteiger partial charge in [0.25, 0.3) is 0 Å². The third-order valence-electron chi connectivity index (χ3n) is 4.41. The summed E-state index contributed by atoms with van der Waals surface area (Å²) in [6, 6.07) is 12.0. The van der Waals surface area contributed by atoms with E-state index in [0.29, 0.717) is 13.0 Å². The van der Waals surface area contributed by atoms with E-state index >= 15 is 0 Å². The summed E-state index contributed by atoms with van der Waals surface area (Å²) >= 11 is 3.41. The average Bonchev–Trinajstić information content (AvgIpc) is 3.24. The number of furan rings is 1. The molecule has 0 bridgehead atoms. The van der Waals surface area contributed by atoms with Crippen LogP contribution in [-0.4, -0.2) is 25.5 Å². The number of hydrogen-bond acceptors (Lipinski definition) is 2. The molecule has 1 amide bonds. The smallest absolute Gasteiger partial charge is 0.224 e. The molecule has 3 rings (SSSR count). The number of halogens is 1. The predicted octanol–water partition coefficient (Wildman–Crippen LogP) is 2.12. The monoisotopic (exact) mass is 377 g/mol. The first-order chi connectivity index (χ1) is 11.2. The number of nitrogens with one attached hydrogen (secondary N) is 2. The quantitative estimate of drug-likeness (QED) is 0.809. The zero-order chi connectivity index (χ0) is 16.1. The van der Waals surface area contributed by atoms with Gasteiger partial charge in [0.2, 0.25) is 5.91 Å². The molecule has 5 heteroatoms. The molecule has 1 saturated heterocycles. The van der Waals surface area contributed by atoms with Gasteiger partial charge in [0.05, 0.1) is 32.3 Å². The predicted molar refractivity (Wildman–Crippen MR) is 92.2 cm³/mol. The van der Waals surface area contributed by atoms with E-state index in [1.165, 1.54) is 17.7 Å². The molecular formula is C18H22BrN2O2+. The maximum atomic E-state index is 12.2. The van der Waals surface area contributed by atoms with Crippen molar-refractivity contribution in [1.29, 1.82) is 0 Å². The molecule has 2 heterocycles. The Labute approximate surface area is 145 Å². The number of hydrogen-bond donors (Lipinski definition) is 2. The molecule has 1 fully saturated rings. The van der Waals surface area contributed by atoms with Crippen LogP contribution in [0.25, 0.3) is 0 Å². The minimum Gasteiger partial charge on any atom is -0.463 e. The number of carbonyl (C=O) groups is 1. The summed E-state index contributed by atoms with van der Waals surface area (Å²) in [6.45, 7) is 2.92. The number of rotatable bonds is 6. The van der Waals surface area contributed by atoms with E-state index in [1.54, 1.807) is 6.26 Å². The number of amides is 1. The molecule has 0 unspecified atom stereocenters. The number of carbonyl (C=O) groups excluding carboxylic acids is 1. The Morgan fingerprint density at radius 1 is 1.22 bits per heavy atom. The van der Waals surface area contributed by atoms with Crippen LogP contribution < -0.4 is 10.2 Å². The number of benzene rings is 1. The first-order valence-corrected chi connectivity index (χ1v) is 8.91. The molecular weight excluding hydrogens is 356 g/mol. The van der Waals surface area contributed by atoms with Crippen LogP contribution in [0.15, 0.2) is 51.6 Å². The maximum absolute atomic E-state index is 12.2. The van der Waals surface area contributed by atoms with Gasteiger partial charge in [-0.1, -0.05) is 28.1 Å². The lowest BCUT2D eigenvalue weighted by molar-refractivity contribution is -0.919. The van der Waals surface area contributed by atoms with Crippen LogP contribution in [0, 0.1) is 0 Å². The van der Waals surface area contributed by atoms with Crippen LogP contribution >= 0.6 is 15.9 Å². The second-order valence-electron chi connectivity index (χ2n) is 6.04. The summed E-state index contributed by atoms with van der Waals surface area (Å²) in [5.41, 5.74) is 1.02. The summed E-state index contributed by atoms with van der Waals surface area (Å²) < 4.78 is 6.62. The third kappa shape index (κ3) is 4.45. The van der Waals surface area contributed by atoms with Gasteiger partial charge < -0.3 is 14.6 Å². The molecule has 1 aliphatic rings. The largest absolute Gasteiger partial charge is 0.463 e. The summed E-state index contributed by atoms with van der Waals surface area (Å²) in [4.78, 5) is 13.7. The Kier molecular flexibility index (Phi) is 5.51. The Balaban J connectivity index is 1.57. The van der Waals surface area contributed by atoms with Crippen LogP contribution in [0.4, 0.5) is 0 Å². The van der Waals surface area contributed by atoms with Crippen LogP contribution in [0.2, 0.25) is 0 Å². The van der Waals surface area contributed by atoms with Gasteiger partial charge in [0, 0.05) is 17.3 Å². The highest BCUT2D eigenvalue weighted by molar-refractivity contribution is 9.10. The molecule has 23 heavy (non-hydrogen) atoms. The summed E-state index contributed by atoms with van der Waals surface area (Å²) in [7, 11) is 0. The molecule has 0 radical (unpaired) electrons. The van der Waals surface area contributed by atoms with Crippen molar-refractivity contribution in [2.24, 2.45) is 0 Å². The molecule has 122 valence electrons. The van der Waals surface area contributed by atoms with Gasteiger partial charge >= 0.3 is 0 Å². The van der Waals surface area contributed by atoms with Gasteiger partial charge in [-0.25, -0.2) is 0 Å². The molecule has 0 saturated carbocycles. The third-order valence-corrected chi connectivity index (χ3v) is 4.94. The summed E-state index contributed by atoms with van der Waals surface area (Å²) in [5.74, 6) is 1.02. The summed E-state index contributed by atoms with van der Waals surface area (Å²) in [6.07, 6.45) is 4.62. The van der Waals surface area contributed by atoms with Crippen molar-refractivity contribution < 1.29 is 14.1 Å². The van der Waals surface area contributed by atoms with Crippen molar-refractivity contribution in [3.8, 4) is 0 Å². The number of quaternary nitrogens is 1. The SMILES string of the molecule is O=C(Cc1ccc(Br)cc1)NC[C@@H](c1ccco1)[NH+]1CCCC1. The lowest BCUT2D eigenvalue weighted by Crippen LogP contribution is -3.11. The van der Waals surface area contributed by atoms with Crippen LogP contribution in [-0.2, 0) is 11.2 Å². The molecule has 1 atom stereocenters. The van der Waals surface area contributed by atoms with Crippen molar-refractivity contribution in [2.75, 3.05) is 19.6 Å². The minimum atomic E-state index is 0.0578. The first-order valence-electron chi connectivity index (χ1n) is 8.11. The Morgan fingerprint density at radius 2 is 1.96 bits per heavy atom. The normalized spacial score (nSPS) is 16.4. The fourth-order valence-corrected chi connectivity index (χ4v) is 3.44. The summed E-state index contributed by atoms with van der Waals surface area (Å²) in [5, 5.41) is 3.08. The maximum Gasteiger partial charge on any atom is 0.224 e. The lowest BCUT2D eigenvalue weighted by atomic mass is 10.1. The van der Waals surface area contributed by atoms with E-state index in [9.17, 15) is 4.79 Å². The van der Waals surface area contributed by atoms with Gasteiger partial charge in [-0.15, -0.1) is 0 Å². The highest BCUT2D eigenvalue weighted by Crippen LogP contribution is 2.12. The standard InChI is InChI=1S/C18H21BrN2O2/c19-15-7-5-14(6-8-15)12-18(22)20-13-16(17-4-3-11-23-17)21-9-1-2-10-21/h3-8,11,16H,1-2,9-10,12-13H2,(H,20,22)/p+1/t16-/m0/s1. The van der Waals surface area contributed by atoms with Crippen LogP contribution in [0.1, 0.15) is 30.2 Å². The Hall–Kier alpha value is -1.59. The molecule has 0 aliphatic carbocycles. The zero-order valence-electron chi connectivity index (χ0n) is 13.1. The molecule has 4 nitrogen and oxygen atoms in total. The highest BCUT2D eigenvalue weighted by Gasteiger charge is 2.29. The van der Waals surface area contributed by atoms with Gasteiger partial charge in [0.1, 0.15) is 0 Å². The fourth-order valence-electron chi connectivity index (χ4n) is 3.18. The Bertz CT molecular complexity index is 619. The lowest BCUT2D eigenvalue weighted by Gasteiger charge is -2.23. The van der Waals surface area contributed by atoms with Crippen molar-refractivity contribution in [2.45, 2.75) is 25.3 Å². The highest BCUT2D eigenvalue weighted by atomic mass is 79.9. The van der Waals surface area contributed by atoms with Gasteiger partial charge in [0.15, 0.2) is 11.8 Å². The number of likely N-dealkylation sites (tertiary alicyclic amines) is 1. The van der Waals surface area contributed by atoms with Crippen LogP contribution in [0.3, 0.4) is 0 Å². The van der Waals surface area contributed by atoms with Gasteiger partial charge in [-0.3, -0.25) is 4.79 Å². The van der Waals surface area contributed by atoms with Crippen molar-refractivity contribution >= 4 is 21.8 Å². The van der Waals surface area contributed by atoms with Crippen LogP contribution in [0.5, 0.6) is 0 Å². The van der Waals surface area contributed by atoms with Crippen molar-refractivity contribution in [3.05, 3.63) is 58.5 Å². The Morgan fingerprint density at radius 3 is 2.61 bits per heavy atom. The molecule has 1 aliphatic heterocycles. The second-order valence-corrected chi connectivity index (χ2v) is 6.96. The second kappa shape index (κ2) is 7.79. The van der Waals surface area contributed by atoms with Crippen molar-refractivity contribution in [1.82, 2.24) is 5.32 Å². The van der Waals surface area contributed by atoms with E-state index in [2.05, 4.69) is 21.2 Å². The molecule has 1 aromatic heterocycles. The molecule has 2 aromatic rings. The van der Waals surface area contributed by atoms with Crippen molar-refractivity contribution in [3.63, 3.8) is 0 Å². The van der Waals surface area contributed by atoms with E-state index in [4.69, 9.17) is 4.42 Å². The van der Waals surface area contributed by atoms with E-state index in [1.807, 2.05) is 36.4 Å². The molecule has 1 aromatic carbocycles. The average molecular weight is 378 g/mol. The minimum absolute atomic E-state index is 0.0578. The first kappa shape index (κ1) is 16.3. The zero-order valence-corrected chi connectivity index (χ0v) is 14.6. The topological polar surface area (TPSA) is 46.7 Å². The molecule has 0 spiro atoms.